The van der Waals surface area contributed by atoms with E-state index >= 15 is 0 Å². The third-order valence-electron chi connectivity index (χ3n) is 2.67. The monoisotopic (exact) mass is 290 g/mol. The molecule has 7 heteroatoms. The molecule has 1 atom stereocenters. The number of nitrogens with zero attached hydrogens (tertiary/aromatic N) is 1. The lowest BCUT2D eigenvalue weighted by molar-refractivity contribution is 0.180. The van der Waals surface area contributed by atoms with Gasteiger partial charge in [-0.2, -0.15) is 0 Å². The van der Waals surface area contributed by atoms with E-state index in [9.17, 15) is 13.5 Å². The van der Waals surface area contributed by atoms with Crippen LogP contribution in [0.3, 0.4) is 0 Å². The average Bonchev–Trinajstić information content (AvgIpc) is 2.73. The van der Waals surface area contributed by atoms with E-state index in [1.165, 1.54) is 13.2 Å². The van der Waals surface area contributed by atoms with Crippen molar-refractivity contribution in [2.24, 2.45) is 0 Å². The molecule has 0 fully saturated rings. The molecule has 1 aromatic rings. The summed E-state index contributed by atoms with van der Waals surface area (Å²) in [4.78, 5) is 0.174. The third kappa shape index (κ3) is 4.31. The molecule has 0 aliphatic carbocycles. The van der Waals surface area contributed by atoms with Crippen molar-refractivity contribution in [2.45, 2.75) is 44.4 Å². The lowest BCUT2D eigenvalue weighted by Crippen LogP contribution is -2.35. The van der Waals surface area contributed by atoms with Gasteiger partial charge >= 0.3 is 0 Å². The second-order valence-electron chi connectivity index (χ2n) is 4.50. The third-order valence-corrected chi connectivity index (χ3v) is 4.23. The first-order chi connectivity index (χ1) is 8.94. The summed E-state index contributed by atoms with van der Waals surface area (Å²) in [6.45, 7) is 4.54. The Bertz CT molecular complexity index is 496. The summed E-state index contributed by atoms with van der Waals surface area (Å²) in [5, 5.41) is 9.23. The Hall–Kier alpha value is -0.890. The van der Waals surface area contributed by atoms with Gasteiger partial charge in [0.15, 0.2) is 0 Å². The average molecular weight is 290 g/mol. The fraction of sp³-hybridized carbons (Fsp3) is 0.667. The zero-order valence-corrected chi connectivity index (χ0v) is 12.4. The Kier molecular flexibility index (Phi) is 5.99. The molecule has 0 saturated heterocycles. The Morgan fingerprint density at radius 1 is 1.53 bits per heavy atom. The van der Waals surface area contributed by atoms with Crippen molar-refractivity contribution in [3.63, 3.8) is 0 Å². The second-order valence-corrected chi connectivity index (χ2v) is 6.21. The van der Waals surface area contributed by atoms with E-state index in [2.05, 4.69) is 4.72 Å². The number of sulfonamides is 1. The van der Waals surface area contributed by atoms with Crippen molar-refractivity contribution < 1.29 is 18.3 Å². The fourth-order valence-electron chi connectivity index (χ4n) is 1.87. The normalized spacial score (nSPS) is 13.7. The van der Waals surface area contributed by atoms with Crippen molar-refractivity contribution in [2.75, 3.05) is 13.7 Å². The maximum Gasteiger partial charge on any atom is 0.242 e. The van der Waals surface area contributed by atoms with Crippen LogP contribution in [0.25, 0.3) is 0 Å². The van der Waals surface area contributed by atoms with Crippen LogP contribution in [0.15, 0.2) is 17.2 Å². The number of aliphatic hydroxyl groups excluding tert-OH is 1. The van der Waals surface area contributed by atoms with Crippen molar-refractivity contribution >= 4 is 10.0 Å². The van der Waals surface area contributed by atoms with Crippen molar-refractivity contribution in [3.8, 4) is 0 Å². The van der Waals surface area contributed by atoms with E-state index < -0.39 is 10.0 Å². The van der Waals surface area contributed by atoms with Gasteiger partial charge in [0.05, 0.1) is 18.1 Å². The van der Waals surface area contributed by atoms with Gasteiger partial charge in [-0.25, -0.2) is 13.1 Å². The lowest BCUT2D eigenvalue weighted by Gasteiger charge is -2.12. The number of aliphatic hydroxyl groups is 1. The van der Waals surface area contributed by atoms with Gasteiger partial charge in [0, 0.05) is 31.6 Å². The van der Waals surface area contributed by atoms with Crippen LogP contribution in [0.2, 0.25) is 0 Å². The van der Waals surface area contributed by atoms with Crippen molar-refractivity contribution in [3.05, 3.63) is 18.0 Å². The van der Waals surface area contributed by atoms with Crippen LogP contribution in [0.1, 0.15) is 26.0 Å². The Morgan fingerprint density at radius 3 is 2.74 bits per heavy atom. The molecule has 0 aromatic carbocycles. The second kappa shape index (κ2) is 7.04. The zero-order chi connectivity index (χ0) is 14.5. The van der Waals surface area contributed by atoms with Gasteiger partial charge < -0.3 is 14.4 Å². The molecular formula is C12H22N2O4S. The van der Waals surface area contributed by atoms with Gasteiger partial charge in [-0.1, -0.05) is 6.92 Å². The highest BCUT2D eigenvalue weighted by atomic mass is 32.2. The molecule has 0 amide bonds. The Labute approximate surface area is 114 Å². The van der Waals surface area contributed by atoms with Gasteiger partial charge in [0.25, 0.3) is 0 Å². The minimum Gasteiger partial charge on any atom is -0.390 e. The maximum atomic E-state index is 12.1. The van der Waals surface area contributed by atoms with E-state index in [-0.39, 0.29) is 17.5 Å². The van der Waals surface area contributed by atoms with Gasteiger partial charge in [0.2, 0.25) is 10.0 Å². The summed E-state index contributed by atoms with van der Waals surface area (Å²) < 4.78 is 33.5. The van der Waals surface area contributed by atoms with E-state index in [4.69, 9.17) is 4.74 Å². The summed E-state index contributed by atoms with van der Waals surface area (Å²) >= 11 is 0. The quantitative estimate of drug-likeness (QED) is 0.738. The lowest BCUT2D eigenvalue weighted by atomic mass is 10.4. The predicted octanol–water partition coefficient (Wildman–Crippen LogP) is 0.704. The summed E-state index contributed by atoms with van der Waals surface area (Å²) in [5.41, 5.74) is 0.599. The number of nitrogens with one attached hydrogen (secondary N) is 1. The Morgan fingerprint density at radius 2 is 2.21 bits per heavy atom. The van der Waals surface area contributed by atoms with Gasteiger partial charge in [-0.05, 0) is 19.4 Å². The topological polar surface area (TPSA) is 80.6 Å². The van der Waals surface area contributed by atoms with Crippen molar-refractivity contribution in [1.29, 1.82) is 0 Å². The summed E-state index contributed by atoms with van der Waals surface area (Å²) in [7, 11) is -2.05. The molecule has 1 heterocycles. The molecule has 0 aliphatic heterocycles. The van der Waals surface area contributed by atoms with E-state index in [1.807, 2.05) is 6.92 Å². The predicted molar refractivity (Wildman–Crippen MR) is 72.3 cm³/mol. The summed E-state index contributed by atoms with van der Waals surface area (Å²) in [6.07, 6.45) is 2.42. The van der Waals surface area contributed by atoms with Crippen LogP contribution in [-0.2, 0) is 27.9 Å². The van der Waals surface area contributed by atoms with Crippen LogP contribution < -0.4 is 4.72 Å². The molecule has 110 valence electrons. The van der Waals surface area contributed by atoms with Gasteiger partial charge in [-0.15, -0.1) is 0 Å². The van der Waals surface area contributed by atoms with Gasteiger partial charge in [-0.3, -0.25) is 0 Å². The molecule has 0 spiro atoms. The summed E-state index contributed by atoms with van der Waals surface area (Å²) in [6, 6.07) is 1.19. The smallest absolute Gasteiger partial charge is 0.242 e. The first kappa shape index (κ1) is 16.2. The molecule has 1 rings (SSSR count). The van der Waals surface area contributed by atoms with E-state index in [1.54, 1.807) is 17.7 Å². The van der Waals surface area contributed by atoms with Crippen LogP contribution in [0, 0.1) is 0 Å². The minimum absolute atomic E-state index is 0.174. The number of rotatable bonds is 8. The van der Waals surface area contributed by atoms with Gasteiger partial charge in [0.1, 0.15) is 0 Å². The van der Waals surface area contributed by atoms with Crippen LogP contribution >= 0.6 is 0 Å². The van der Waals surface area contributed by atoms with Crippen LogP contribution in [-0.4, -0.2) is 37.8 Å². The number of methoxy groups -OCH3 is 1. The maximum absolute atomic E-state index is 12.1. The molecule has 1 unspecified atom stereocenters. The van der Waals surface area contributed by atoms with Crippen LogP contribution in [0.4, 0.5) is 0 Å². The van der Waals surface area contributed by atoms with E-state index in [0.717, 1.165) is 6.42 Å². The standard InChI is InChI=1S/C12H22N2O4S/c1-4-5-14-7-12(6-11(14)8-15)19(16,17)13-10(2)9-18-3/h6-7,10,13,15H,4-5,8-9H2,1-3H3. The summed E-state index contributed by atoms with van der Waals surface area (Å²) in [5.74, 6) is 0. The first-order valence-corrected chi connectivity index (χ1v) is 7.74. The zero-order valence-electron chi connectivity index (χ0n) is 11.6. The molecule has 0 radical (unpaired) electrons. The highest BCUT2D eigenvalue weighted by Crippen LogP contribution is 2.15. The fourth-order valence-corrected chi connectivity index (χ4v) is 3.16. The molecule has 1 aromatic heterocycles. The van der Waals surface area contributed by atoms with E-state index in [0.29, 0.717) is 18.8 Å². The molecule has 0 saturated carbocycles. The molecule has 6 nitrogen and oxygen atoms in total. The number of hydrogen-bond donors (Lipinski definition) is 2. The number of aromatic nitrogens is 1. The SMILES string of the molecule is CCCn1cc(S(=O)(=O)NC(C)COC)cc1CO. The minimum atomic E-state index is -3.57. The van der Waals surface area contributed by atoms with Crippen LogP contribution in [0.5, 0.6) is 0 Å². The molecular weight excluding hydrogens is 268 g/mol. The largest absolute Gasteiger partial charge is 0.390 e. The molecule has 2 N–H and O–H groups in total. The number of aryl methyl sites for hydroxylation is 1. The Balaban J connectivity index is 2.95. The highest BCUT2D eigenvalue weighted by Gasteiger charge is 2.20. The number of hydrogen-bond acceptors (Lipinski definition) is 4. The molecule has 19 heavy (non-hydrogen) atoms. The molecule has 0 aliphatic rings. The van der Waals surface area contributed by atoms with Crippen molar-refractivity contribution in [1.82, 2.24) is 9.29 Å². The first-order valence-electron chi connectivity index (χ1n) is 6.25. The highest BCUT2D eigenvalue weighted by molar-refractivity contribution is 7.89. The molecule has 0 bridgehead atoms. The number of ether oxygens (including phenoxy) is 1.